The molecule has 142 valence electrons. The lowest BCUT2D eigenvalue weighted by Gasteiger charge is -2.28. The quantitative estimate of drug-likeness (QED) is 0.219. The molecule has 0 spiro atoms. The van der Waals surface area contributed by atoms with Crippen LogP contribution in [0.25, 0.3) is 0 Å². The van der Waals surface area contributed by atoms with Crippen molar-refractivity contribution in [3.05, 3.63) is 50.8 Å². The molecule has 1 aromatic carbocycles. The zero-order chi connectivity index (χ0) is 19.3. The highest BCUT2D eigenvalue weighted by atomic mass is 127. The molecule has 0 fully saturated rings. The fraction of sp³-hybridized carbons (Fsp3) is 0.389. The van der Waals surface area contributed by atoms with Gasteiger partial charge in [0.05, 0.1) is 17.9 Å². The predicted octanol–water partition coefficient (Wildman–Crippen LogP) is 5.08. The van der Waals surface area contributed by atoms with E-state index < -0.39 is 16.7 Å². The first-order valence-corrected chi connectivity index (χ1v) is 10.0. The van der Waals surface area contributed by atoms with Crippen molar-refractivity contribution < 1.29 is 18.4 Å². The van der Waals surface area contributed by atoms with Crippen molar-refractivity contribution in [2.24, 2.45) is 0 Å². The molecule has 4 nitrogen and oxygen atoms in total. The number of hydrogen-bond acceptors (Lipinski definition) is 3. The second kappa shape index (κ2) is 9.27. The molecule has 2 unspecified atom stereocenters. The van der Waals surface area contributed by atoms with Gasteiger partial charge in [-0.15, -0.1) is 0 Å². The second-order valence-electron chi connectivity index (χ2n) is 5.92. The number of rotatable bonds is 7. The van der Waals surface area contributed by atoms with E-state index in [1.54, 1.807) is 6.07 Å². The van der Waals surface area contributed by atoms with E-state index >= 15 is 0 Å². The molecule has 26 heavy (non-hydrogen) atoms. The van der Waals surface area contributed by atoms with Crippen molar-refractivity contribution in [1.29, 1.82) is 0 Å². The van der Waals surface area contributed by atoms with Crippen LogP contribution in [0.1, 0.15) is 25.3 Å². The Bertz CT molecular complexity index is 738. The van der Waals surface area contributed by atoms with Crippen LogP contribution >= 0.6 is 38.5 Å². The van der Waals surface area contributed by atoms with Gasteiger partial charge in [0.2, 0.25) is 4.58 Å². The van der Waals surface area contributed by atoms with Crippen molar-refractivity contribution in [2.45, 2.75) is 37.4 Å². The van der Waals surface area contributed by atoms with Crippen molar-refractivity contribution >= 4 is 50.1 Å². The summed E-state index contributed by atoms with van der Waals surface area (Å²) in [5, 5.41) is 2.88. The average Bonchev–Trinajstić information content (AvgIpc) is 2.58. The second-order valence-corrected chi connectivity index (χ2v) is 8.38. The zero-order valence-corrected chi connectivity index (χ0v) is 18.2. The fourth-order valence-corrected chi connectivity index (χ4v) is 3.33. The lowest BCUT2D eigenvalue weighted by Crippen LogP contribution is -2.37. The van der Waals surface area contributed by atoms with Crippen molar-refractivity contribution in [2.75, 3.05) is 11.9 Å². The van der Waals surface area contributed by atoms with Gasteiger partial charge in [0.25, 0.3) is 5.91 Å². The highest BCUT2D eigenvalue weighted by Crippen LogP contribution is 2.39. The maximum Gasteiger partial charge on any atom is 0.276 e. The monoisotopic (exact) mass is 540 g/mol. The van der Waals surface area contributed by atoms with E-state index in [4.69, 9.17) is 4.84 Å². The number of carbonyl (C=O) groups excluding carboxylic acids is 1. The molecular formula is C18H20BrF2IN2O2. The Balaban J connectivity index is 2.30. The highest BCUT2D eigenvalue weighted by molar-refractivity contribution is 14.1. The molecule has 0 heterocycles. The summed E-state index contributed by atoms with van der Waals surface area (Å²) in [6.45, 7) is 4.19. The molecule has 8 heteroatoms. The van der Waals surface area contributed by atoms with Crippen LogP contribution in [0.3, 0.4) is 0 Å². The maximum absolute atomic E-state index is 14.8. The normalized spacial score (nSPS) is 22.5. The largest absolute Gasteiger partial charge is 0.355 e. The van der Waals surface area contributed by atoms with Gasteiger partial charge in [0.15, 0.2) is 6.17 Å². The molecule has 0 aliphatic heterocycles. The maximum atomic E-state index is 14.8. The topological polar surface area (TPSA) is 50.4 Å². The Morgan fingerprint density at radius 2 is 2.19 bits per heavy atom. The minimum atomic E-state index is -2.39. The molecule has 0 radical (unpaired) electrons. The molecule has 0 bridgehead atoms. The van der Waals surface area contributed by atoms with Gasteiger partial charge in [-0.3, -0.25) is 9.63 Å². The van der Waals surface area contributed by atoms with Crippen LogP contribution in [0.15, 0.2) is 41.6 Å². The number of benzene rings is 1. The molecule has 0 aromatic heterocycles. The Morgan fingerprint density at radius 1 is 1.46 bits per heavy atom. The lowest BCUT2D eigenvalue weighted by molar-refractivity contribution is -0.129. The molecule has 2 rings (SSSR count). The number of hydrogen-bond donors (Lipinski definition) is 2. The Labute approximate surface area is 173 Å². The standard InChI is InChI=1S/C18H20BrF2IN2O2/c1-3-4-9-26-24-17(25)13-7-8-18(19,21)16(20)15(13)23-14-6-5-12(22)10-11(14)2/h5-8,10,16,23H,3-4,9H2,1-2H3,(H,24,25). The third-order valence-electron chi connectivity index (χ3n) is 3.82. The summed E-state index contributed by atoms with van der Waals surface area (Å²) in [6, 6.07) is 5.50. The van der Waals surface area contributed by atoms with Gasteiger partial charge >= 0.3 is 0 Å². The van der Waals surface area contributed by atoms with Crippen LogP contribution < -0.4 is 10.8 Å². The van der Waals surface area contributed by atoms with Gasteiger partial charge < -0.3 is 5.32 Å². The van der Waals surface area contributed by atoms with Crippen LogP contribution in [0.2, 0.25) is 0 Å². The van der Waals surface area contributed by atoms with E-state index in [0.717, 1.165) is 28.1 Å². The van der Waals surface area contributed by atoms with E-state index in [0.29, 0.717) is 12.3 Å². The smallest absolute Gasteiger partial charge is 0.276 e. The van der Waals surface area contributed by atoms with Crippen LogP contribution in [0, 0.1) is 10.5 Å². The van der Waals surface area contributed by atoms with Crippen LogP contribution in [0.5, 0.6) is 0 Å². The molecule has 0 saturated carbocycles. The highest BCUT2D eigenvalue weighted by Gasteiger charge is 2.42. The van der Waals surface area contributed by atoms with Gasteiger partial charge in [-0.1, -0.05) is 13.3 Å². The number of aryl methyl sites for hydroxylation is 1. The number of halogens is 4. The summed E-state index contributed by atoms with van der Waals surface area (Å²) in [5.74, 6) is -0.631. The van der Waals surface area contributed by atoms with Crippen molar-refractivity contribution in [3.8, 4) is 0 Å². The summed E-state index contributed by atoms with van der Waals surface area (Å²) in [4.78, 5) is 17.5. The van der Waals surface area contributed by atoms with Crippen molar-refractivity contribution in [1.82, 2.24) is 5.48 Å². The number of anilines is 1. The number of hydroxylamine groups is 1. The lowest BCUT2D eigenvalue weighted by atomic mass is 9.98. The van der Waals surface area contributed by atoms with E-state index in [-0.39, 0.29) is 11.3 Å². The molecule has 1 aliphatic rings. The fourth-order valence-electron chi connectivity index (χ4n) is 2.33. The van der Waals surface area contributed by atoms with E-state index in [9.17, 15) is 13.6 Å². The average molecular weight is 541 g/mol. The van der Waals surface area contributed by atoms with E-state index in [1.165, 1.54) is 6.08 Å². The molecule has 0 saturated heterocycles. The minimum Gasteiger partial charge on any atom is -0.355 e. The summed E-state index contributed by atoms with van der Waals surface area (Å²) < 4.78 is 27.8. The Kier molecular flexibility index (Phi) is 7.60. The Hall–Kier alpha value is -1.00. The first kappa shape index (κ1) is 21.3. The van der Waals surface area contributed by atoms with Crippen LogP contribution in [0.4, 0.5) is 14.5 Å². The first-order chi connectivity index (χ1) is 12.3. The third kappa shape index (κ3) is 5.26. The van der Waals surface area contributed by atoms with Gasteiger partial charge in [-0.05, 0) is 87.8 Å². The zero-order valence-electron chi connectivity index (χ0n) is 14.4. The van der Waals surface area contributed by atoms with Gasteiger partial charge in [-0.2, -0.15) is 0 Å². The first-order valence-electron chi connectivity index (χ1n) is 8.17. The van der Waals surface area contributed by atoms with Gasteiger partial charge in [-0.25, -0.2) is 14.3 Å². The number of allylic oxidation sites excluding steroid dienone is 2. The third-order valence-corrected chi connectivity index (χ3v) is 5.16. The summed E-state index contributed by atoms with van der Waals surface area (Å²) in [6.07, 6.45) is 1.83. The molecule has 2 N–H and O–H groups in total. The number of unbranched alkanes of at least 4 members (excludes halogenated alkanes) is 1. The molecule has 2 atom stereocenters. The number of amides is 1. The summed E-state index contributed by atoms with van der Waals surface area (Å²) in [7, 11) is 0. The SMILES string of the molecule is CCCCONC(=O)C1=C(Nc2ccc(I)cc2C)C(F)C(F)(Br)C=C1. The van der Waals surface area contributed by atoms with Crippen LogP contribution in [-0.4, -0.2) is 23.3 Å². The van der Waals surface area contributed by atoms with E-state index in [2.05, 4.69) is 49.3 Å². The summed E-state index contributed by atoms with van der Waals surface area (Å²) in [5.41, 5.74) is 3.55. The summed E-state index contributed by atoms with van der Waals surface area (Å²) >= 11 is 4.89. The van der Waals surface area contributed by atoms with Gasteiger partial charge in [0, 0.05) is 9.26 Å². The molecule has 1 aromatic rings. The number of nitrogens with one attached hydrogen (secondary N) is 2. The Morgan fingerprint density at radius 3 is 2.85 bits per heavy atom. The van der Waals surface area contributed by atoms with Crippen LogP contribution in [-0.2, 0) is 9.63 Å². The van der Waals surface area contributed by atoms with Gasteiger partial charge in [0.1, 0.15) is 0 Å². The van der Waals surface area contributed by atoms with E-state index in [1.807, 2.05) is 26.0 Å². The molecule has 1 aliphatic carbocycles. The predicted molar refractivity (Wildman–Crippen MR) is 110 cm³/mol. The number of carbonyl (C=O) groups is 1. The molecule has 1 amide bonds. The minimum absolute atomic E-state index is 0.0142. The molecular weight excluding hydrogens is 521 g/mol. The number of alkyl halides is 3. The van der Waals surface area contributed by atoms with Crippen molar-refractivity contribution in [3.63, 3.8) is 0 Å².